The van der Waals surface area contributed by atoms with E-state index < -0.39 is 23.7 Å². The molecule has 3 aliphatic carbocycles. The van der Waals surface area contributed by atoms with E-state index in [0.717, 1.165) is 22.3 Å². The van der Waals surface area contributed by atoms with Crippen molar-refractivity contribution < 1.29 is 28.7 Å². The number of anilines is 2. The Morgan fingerprint density at radius 3 is 1.83 bits per heavy atom. The minimum atomic E-state index is -0.623. The second kappa shape index (κ2) is 10.7. The van der Waals surface area contributed by atoms with Crippen molar-refractivity contribution in [1.82, 2.24) is 0 Å². The van der Waals surface area contributed by atoms with Crippen LogP contribution in [0.4, 0.5) is 11.4 Å². The van der Waals surface area contributed by atoms with E-state index >= 15 is 0 Å². The largest absolute Gasteiger partial charge is 0.494 e. The minimum absolute atomic E-state index is 0.0514. The molecule has 3 atom stereocenters. The lowest BCUT2D eigenvalue weighted by Crippen LogP contribution is -2.41. The van der Waals surface area contributed by atoms with Gasteiger partial charge in [0.25, 0.3) is 0 Å². The molecule has 0 aromatic heterocycles. The number of hydrogen-bond donors (Lipinski definition) is 0. The zero-order chi connectivity index (χ0) is 31.7. The van der Waals surface area contributed by atoms with Crippen molar-refractivity contribution in [2.75, 3.05) is 23.0 Å². The molecule has 8 heteroatoms. The van der Waals surface area contributed by atoms with Crippen LogP contribution in [0.25, 0.3) is 0 Å². The molecule has 0 N–H and O–H groups in total. The number of rotatable bonds is 6. The van der Waals surface area contributed by atoms with Gasteiger partial charge in [-0.1, -0.05) is 48.5 Å². The standard InChI is InChI=1S/C38H32N2O6/c1-3-45-24-14-12-23(13-15-24)39-20-22(19-31(39)41)38(44)46-25-16-17-30(21(2)18-25)40-36(42)34-32-26-8-4-5-9-27(26)33(35(34)37(40)43)29-11-7-6-10-28(29)32/h4-18,22,32-35H,3,19-20H2,1-2H3/t22-,32?,33?,34-,35+/m0/s1. The normalized spacial score (nSPS) is 24.1. The molecule has 0 saturated carbocycles. The van der Waals surface area contributed by atoms with E-state index in [0.29, 0.717) is 35.0 Å². The number of esters is 1. The SMILES string of the molecule is CCOc1ccc(N2C[C@@H](C(=O)Oc3ccc(N4C(=O)[C@@H]5C6c7ccccc7C(c7ccccc76)[C@@H]5C4=O)c(C)c3)CC2=O)cc1. The van der Waals surface area contributed by atoms with Gasteiger partial charge < -0.3 is 14.4 Å². The Kier molecular flexibility index (Phi) is 6.56. The van der Waals surface area contributed by atoms with Crippen molar-refractivity contribution >= 4 is 35.1 Å². The van der Waals surface area contributed by atoms with Gasteiger partial charge in [0, 0.05) is 30.5 Å². The Bertz CT molecular complexity index is 1820. The smallest absolute Gasteiger partial charge is 0.316 e. The number of imide groups is 1. The van der Waals surface area contributed by atoms with E-state index in [1.807, 2.05) is 31.2 Å². The Balaban J connectivity index is 1.01. The topological polar surface area (TPSA) is 93.2 Å². The van der Waals surface area contributed by atoms with Gasteiger partial charge in [-0.3, -0.25) is 19.2 Å². The number of ether oxygens (including phenoxy) is 2. The van der Waals surface area contributed by atoms with Crippen LogP contribution >= 0.6 is 0 Å². The molecule has 2 fully saturated rings. The summed E-state index contributed by atoms with van der Waals surface area (Å²) in [6.07, 6.45) is 0.0514. The third-order valence-electron chi connectivity index (χ3n) is 9.99. The molecular formula is C38H32N2O6. The summed E-state index contributed by atoms with van der Waals surface area (Å²) >= 11 is 0. The quantitative estimate of drug-likeness (QED) is 0.157. The van der Waals surface area contributed by atoms with E-state index in [9.17, 15) is 19.2 Å². The summed E-state index contributed by atoms with van der Waals surface area (Å²) in [4.78, 5) is 57.2. The van der Waals surface area contributed by atoms with Crippen LogP contribution in [0.3, 0.4) is 0 Å². The van der Waals surface area contributed by atoms with Gasteiger partial charge in [0.1, 0.15) is 11.5 Å². The Hall–Kier alpha value is -5.24. The lowest BCUT2D eigenvalue weighted by molar-refractivity contribution is -0.139. The highest BCUT2D eigenvalue weighted by atomic mass is 16.5. The number of benzene rings is 4. The summed E-state index contributed by atoms with van der Waals surface area (Å²) in [6.45, 7) is 4.48. The zero-order valence-corrected chi connectivity index (χ0v) is 25.5. The zero-order valence-electron chi connectivity index (χ0n) is 25.5. The fraction of sp³-hybridized carbons (Fsp3) is 0.263. The first-order valence-corrected chi connectivity index (χ1v) is 15.8. The van der Waals surface area contributed by atoms with E-state index in [-0.39, 0.29) is 42.5 Å². The first-order valence-electron chi connectivity index (χ1n) is 15.8. The van der Waals surface area contributed by atoms with Gasteiger partial charge in [0.15, 0.2) is 0 Å². The van der Waals surface area contributed by atoms with Gasteiger partial charge in [-0.15, -0.1) is 0 Å². The molecule has 2 bridgehead atoms. The predicted molar refractivity (Wildman–Crippen MR) is 171 cm³/mol. The lowest BCUT2D eigenvalue weighted by Gasteiger charge is -2.45. The van der Waals surface area contributed by atoms with Crippen molar-refractivity contribution in [3.8, 4) is 11.5 Å². The van der Waals surface area contributed by atoms with Crippen LogP contribution < -0.4 is 19.3 Å². The molecule has 0 unspecified atom stereocenters. The molecule has 230 valence electrons. The van der Waals surface area contributed by atoms with E-state index in [2.05, 4.69) is 24.3 Å². The van der Waals surface area contributed by atoms with Crippen LogP contribution in [0.5, 0.6) is 11.5 Å². The molecule has 0 radical (unpaired) electrons. The molecule has 9 rings (SSSR count). The first kappa shape index (κ1) is 28.2. The molecule has 4 aromatic rings. The van der Waals surface area contributed by atoms with Crippen molar-refractivity contribution in [2.24, 2.45) is 17.8 Å². The molecule has 4 aromatic carbocycles. The number of amides is 3. The maximum atomic E-state index is 14.2. The number of nitrogens with zero attached hydrogens (tertiary/aromatic N) is 2. The van der Waals surface area contributed by atoms with Crippen LogP contribution in [-0.2, 0) is 19.2 Å². The average molecular weight is 613 g/mol. The number of carbonyl (C=O) groups excluding carboxylic acids is 4. The monoisotopic (exact) mass is 612 g/mol. The first-order chi connectivity index (χ1) is 22.4. The van der Waals surface area contributed by atoms with Gasteiger partial charge in [0.2, 0.25) is 17.7 Å². The van der Waals surface area contributed by atoms with E-state index in [1.54, 1.807) is 54.3 Å². The van der Waals surface area contributed by atoms with Crippen molar-refractivity contribution in [2.45, 2.75) is 32.1 Å². The molecule has 2 heterocycles. The fourth-order valence-corrected chi connectivity index (χ4v) is 8.06. The highest BCUT2D eigenvalue weighted by Gasteiger charge is 2.61. The molecule has 46 heavy (non-hydrogen) atoms. The summed E-state index contributed by atoms with van der Waals surface area (Å²) in [6, 6.07) is 28.5. The van der Waals surface area contributed by atoms with E-state index in [1.165, 1.54) is 4.90 Å². The summed E-state index contributed by atoms with van der Waals surface area (Å²) < 4.78 is 11.2. The summed E-state index contributed by atoms with van der Waals surface area (Å²) in [5.41, 5.74) is 6.34. The third kappa shape index (κ3) is 4.20. The minimum Gasteiger partial charge on any atom is -0.494 e. The van der Waals surface area contributed by atoms with Gasteiger partial charge in [-0.05, 0) is 84.1 Å². The highest BCUT2D eigenvalue weighted by molar-refractivity contribution is 6.23. The average Bonchev–Trinajstić information content (AvgIpc) is 3.58. The molecular weight excluding hydrogens is 580 g/mol. The Morgan fingerprint density at radius 2 is 1.30 bits per heavy atom. The van der Waals surface area contributed by atoms with Crippen molar-refractivity contribution in [1.29, 1.82) is 0 Å². The van der Waals surface area contributed by atoms with Crippen LogP contribution in [0.15, 0.2) is 91.0 Å². The number of carbonyl (C=O) groups is 4. The Morgan fingerprint density at radius 1 is 0.761 bits per heavy atom. The van der Waals surface area contributed by atoms with Crippen molar-refractivity contribution in [3.05, 3.63) is 119 Å². The third-order valence-corrected chi connectivity index (χ3v) is 9.99. The second-order valence-electron chi connectivity index (χ2n) is 12.5. The van der Waals surface area contributed by atoms with Crippen LogP contribution in [0.2, 0.25) is 0 Å². The predicted octanol–water partition coefficient (Wildman–Crippen LogP) is 5.75. The van der Waals surface area contributed by atoms with Crippen LogP contribution in [0, 0.1) is 24.7 Å². The molecule has 2 saturated heterocycles. The summed E-state index contributed by atoms with van der Waals surface area (Å²) in [5.74, 6) is -1.95. The lowest BCUT2D eigenvalue weighted by atomic mass is 9.55. The van der Waals surface area contributed by atoms with Gasteiger partial charge in [-0.2, -0.15) is 0 Å². The van der Waals surface area contributed by atoms with Crippen LogP contribution in [-0.4, -0.2) is 36.8 Å². The number of aryl methyl sites for hydroxylation is 1. The second-order valence-corrected chi connectivity index (χ2v) is 12.5. The molecule has 5 aliphatic rings. The van der Waals surface area contributed by atoms with E-state index in [4.69, 9.17) is 9.47 Å². The maximum absolute atomic E-state index is 14.2. The molecule has 3 amide bonds. The maximum Gasteiger partial charge on any atom is 0.316 e. The molecule has 8 nitrogen and oxygen atoms in total. The molecule has 2 aliphatic heterocycles. The Labute approximate surface area is 266 Å². The van der Waals surface area contributed by atoms with Gasteiger partial charge in [-0.25, -0.2) is 4.90 Å². The number of hydrogen-bond acceptors (Lipinski definition) is 6. The van der Waals surface area contributed by atoms with Crippen LogP contribution in [0.1, 0.15) is 53.0 Å². The summed E-state index contributed by atoms with van der Waals surface area (Å²) in [5, 5.41) is 0. The highest BCUT2D eigenvalue weighted by Crippen LogP contribution is 2.61. The van der Waals surface area contributed by atoms with Gasteiger partial charge >= 0.3 is 5.97 Å². The van der Waals surface area contributed by atoms with Gasteiger partial charge in [0.05, 0.1) is 30.0 Å². The molecule has 0 spiro atoms. The van der Waals surface area contributed by atoms with Crippen molar-refractivity contribution in [3.63, 3.8) is 0 Å². The fourth-order valence-electron chi connectivity index (χ4n) is 8.06. The summed E-state index contributed by atoms with van der Waals surface area (Å²) in [7, 11) is 0.